The van der Waals surface area contributed by atoms with Crippen LogP contribution in [-0.4, -0.2) is 21.8 Å². The average Bonchev–Trinajstić information content (AvgIpc) is 3.13. The topological polar surface area (TPSA) is 66.3 Å². The first-order valence-electron chi connectivity index (χ1n) is 6.26. The minimum atomic E-state index is -0.256. The van der Waals surface area contributed by atoms with Gasteiger partial charge in [0.05, 0.1) is 12.8 Å². The van der Waals surface area contributed by atoms with E-state index in [1.807, 2.05) is 6.07 Å². The molecule has 0 aromatic carbocycles. The summed E-state index contributed by atoms with van der Waals surface area (Å²) in [7, 11) is 0. The molecule has 5 heteroatoms. The third-order valence-electron chi connectivity index (χ3n) is 3.21. The van der Waals surface area contributed by atoms with Crippen LogP contribution in [0, 0.1) is 0 Å². The standard InChI is InChI=1S/C14H14N2O3/c17-13-5-6-15-8-12(13)14(18)16(10-3-4-10)9-11-2-1-7-19-11/h1-2,5-8,10H,3-4,9H2,(H,15,17). The maximum Gasteiger partial charge on any atom is 0.259 e. The van der Waals surface area contributed by atoms with E-state index in [1.165, 1.54) is 18.5 Å². The Kier molecular flexibility index (Phi) is 2.95. The minimum Gasteiger partial charge on any atom is -0.467 e. The van der Waals surface area contributed by atoms with Gasteiger partial charge in [0, 0.05) is 24.5 Å². The number of pyridine rings is 1. The van der Waals surface area contributed by atoms with Crippen molar-refractivity contribution < 1.29 is 9.21 Å². The lowest BCUT2D eigenvalue weighted by Gasteiger charge is -2.20. The van der Waals surface area contributed by atoms with Gasteiger partial charge in [-0.3, -0.25) is 9.59 Å². The summed E-state index contributed by atoms with van der Waals surface area (Å²) in [6.07, 6.45) is 6.53. The SMILES string of the molecule is O=C(c1c[nH]ccc1=O)N(Cc1ccco1)C1CC1. The van der Waals surface area contributed by atoms with Crippen molar-refractivity contribution in [3.05, 3.63) is 58.4 Å². The van der Waals surface area contributed by atoms with Crippen molar-refractivity contribution in [3.8, 4) is 0 Å². The van der Waals surface area contributed by atoms with E-state index in [0.717, 1.165) is 18.6 Å². The first-order valence-corrected chi connectivity index (χ1v) is 6.26. The van der Waals surface area contributed by atoms with E-state index >= 15 is 0 Å². The van der Waals surface area contributed by atoms with Crippen LogP contribution in [0.2, 0.25) is 0 Å². The molecule has 1 N–H and O–H groups in total. The zero-order valence-electron chi connectivity index (χ0n) is 10.3. The van der Waals surface area contributed by atoms with Gasteiger partial charge in [-0.25, -0.2) is 0 Å². The largest absolute Gasteiger partial charge is 0.467 e. The van der Waals surface area contributed by atoms with Gasteiger partial charge in [-0.05, 0) is 25.0 Å². The normalized spacial score (nSPS) is 14.3. The molecule has 0 radical (unpaired) electrons. The van der Waals surface area contributed by atoms with Crippen molar-refractivity contribution in [3.63, 3.8) is 0 Å². The van der Waals surface area contributed by atoms with E-state index in [9.17, 15) is 9.59 Å². The van der Waals surface area contributed by atoms with Crippen LogP contribution in [0.4, 0.5) is 0 Å². The summed E-state index contributed by atoms with van der Waals surface area (Å²) in [5, 5.41) is 0. The minimum absolute atomic E-state index is 0.181. The first kappa shape index (κ1) is 11.8. The fourth-order valence-corrected chi connectivity index (χ4v) is 2.06. The van der Waals surface area contributed by atoms with Crippen LogP contribution in [0.25, 0.3) is 0 Å². The molecule has 0 saturated heterocycles. The number of furan rings is 1. The molecule has 1 fully saturated rings. The van der Waals surface area contributed by atoms with Gasteiger partial charge in [0.25, 0.3) is 5.91 Å². The smallest absolute Gasteiger partial charge is 0.259 e. The fraction of sp³-hybridized carbons (Fsp3) is 0.286. The molecule has 1 saturated carbocycles. The van der Waals surface area contributed by atoms with Gasteiger partial charge in [-0.1, -0.05) is 0 Å². The third-order valence-corrected chi connectivity index (χ3v) is 3.21. The highest BCUT2D eigenvalue weighted by molar-refractivity contribution is 5.94. The Hall–Kier alpha value is -2.30. The summed E-state index contributed by atoms with van der Waals surface area (Å²) in [6.45, 7) is 0.408. The van der Waals surface area contributed by atoms with Crippen molar-refractivity contribution in [2.75, 3.05) is 0 Å². The number of nitrogens with zero attached hydrogens (tertiary/aromatic N) is 1. The van der Waals surface area contributed by atoms with Crippen LogP contribution >= 0.6 is 0 Å². The molecule has 0 bridgehead atoms. The predicted molar refractivity (Wildman–Crippen MR) is 68.7 cm³/mol. The van der Waals surface area contributed by atoms with Gasteiger partial charge in [0.1, 0.15) is 11.3 Å². The van der Waals surface area contributed by atoms with Crippen LogP contribution in [0.15, 0.2) is 46.1 Å². The molecule has 1 amide bonds. The number of H-pyrrole nitrogens is 1. The highest BCUT2D eigenvalue weighted by atomic mass is 16.3. The van der Waals surface area contributed by atoms with E-state index in [4.69, 9.17) is 4.42 Å². The summed E-state index contributed by atoms with van der Waals surface area (Å²) in [4.78, 5) is 28.7. The van der Waals surface area contributed by atoms with Gasteiger partial charge in [0.15, 0.2) is 5.43 Å². The molecule has 0 spiro atoms. The number of carbonyl (C=O) groups excluding carboxylic acids is 1. The van der Waals surface area contributed by atoms with Crippen LogP contribution in [0.5, 0.6) is 0 Å². The fourth-order valence-electron chi connectivity index (χ4n) is 2.06. The number of aromatic amines is 1. The Morgan fingerprint density at radius 2 is 2.26 bits per heavy atom. The number of hydrogen-bond donors (Lipinski definition) is 1. The molecule has 1 aliphatic carbocycles. The number of carbonyl (C=O) groups is 1. The van der Waals surface area contributed by atoms with Crippen molar-refractivity contribution in [2.45, 2.75) is 25.4 Å². The van der Waals surface area contributed by atoms with Gasteiger partial charge in [-0.2, -0.15) is 0 Å². The Morgan fingerprint density at radius 3 is 2.89 bits per heavy atom. The molecule has 3 rings (SSSR count). The quantitative estimate of drug-likeness (QED) is 0.908. The van der Waals surface area contributed by atoms with Gasteiger partial charge in [0.2, 0.25) is 0 Å². The molecule has 0 aliphatic heterocycles. The first-order chi connectivity index (χ1) is 9.25. The Morgan fingerprint density at radius 1 is 1.42 bits per heavy atom. The molecule has 19 heavy (non-hydrogen) atoms. The average molecular weight is 258 g/mol. The zero-order valence-corrected chi connectivity index (χ0v) is 10.3. The number of nitrogens with one attached hydrogen (secondary N) is 1. The maximum absolute atomic E-state index is 12.4. The van der Waals surface area contributed by atoms with E-state index in [1.54, 1.807) is 17.2 Å². The Labute approximate surface area is 109 Å². The van der Waals surface area contributed by atoms with E-state index in [0.29, 0.717) is 6.54 Å². The van der Waals surface area contributed by atoms with Gasteiger partial charge < -0.3 is 14.3 Å². The molecule has 0 atom stereocenters. The highest BCUT2D eigenvalue weighted by Gasteiger charge is 2.34. The second kappa shape index (κ2) is 4.76. The Balaban J connectivity index is 1.86. The summed E-state index contributed by atoms with van der Waals surface area (Å²) >= 11 is 0. The number of hydrogen-bond acceptors (Lipinski definition) is 3. The third kappa shape index (κ3) is 2.45. The van der Waals surface area contributed by atoms with Crippen molar-refractivity contribution in [2.24, 2.45) is 0 Å². The molecule has 2 heterocycles. The molecule has 0 unspecified atom stereocenters. The van der Waals surface area contributed by atoms with Crippen molar-refractivity contribution in [1.82, 2.24) is 9.88 Å². The zero-order chi connectivity index (χ0) is 13.2. The number of rotatable bonds is 4. The molecule has 1 aliphatic rings. The molecular formula is C14H14N2O3. The van der Waals surface area contributed by atoms with Crippen LogP contribution in [-0.2, 0) is 6.54 Å². The second-order valence-electron chi connectivity index (χ2n) is 4.67. The summed E-state index contributed by atoms with van der Waals surface area (Å²) in [5.41, 5.74) is -0.0743. The van der Waals surface area contributed by atoms with E-state index in [2.05, 4.69) is 4.98 Å². The van der Waals surface area contributed by atoms with E-state index < -0.39 is 0 Å². The van der Waals surface area contributed by atoms with Crippen LogP contribution < -0.4 is 5.43 Å². The number of aromatic nitrogens is 1. The van der Waals surface area contributed by atoms with Crippen LogP contribution in [0.1, 0.15) is 29.0 Å². The lowest BCUT2D eigenvalue weighted by Crippen LogP contribution is -2.35. The monoisotopic (exact) mass is 258 g/mol. The predicted octanol–water partition coefficient (Wildman–Crippen LogP) is 1.77. The summed E-state index contributed by atoms with van der Waals surface area (Å²) < 4.78 is 5.28. The van der Waals surface area contributed by atoms with Gasteiger partial charge in [-0.15, -0.1) is 0 Å². The summed E-state index contributed by atoms with van der Waals surface area (Å²) in [6, 6.07) is 5.21. The van der Waals surface area contributed by atoms with E-state index in [-0.39, 0.29) is 22.9 Å². The highest BCUT2D eigenvalue weighted by Crippen LogP contribution is 2.29. The Bertz CT molecular complexity index is 626. The molecule has 2 aromatic heterocycles. The summed E-state index contributed by atoms with van der Waals surface area (Å²) in [5.74, 6) is 0.494. The van der Waals surface area contributed by atoms with Gasteiger partial charge >= 0.3 is 0 Å². The maximum atomic E-state index is 12.4. The van der Waals surface area contributed by atoms with Crippen molar-refractivity contribution in [1.29, 1.82) is 0 Å². The molecule has 5 nitrogen and oxygen atoms in total. The second-order valence-corrected chi connectivity index (χ2v) is 4.67. The molecule has 98 valence electrons. The molecule has 2 aromatic rings. The number of amides is 1. The van der Waals surface area contributed by atoms with Crippen LogP contribution in [0.3, 0.4) is 0 Å². The lowest BCUT2D eigenvalue weighted by atomic mass is 10.2. The molecular weight excluding hydrogens is 244 g/mol. The van der Waals surface area contributed by atoms with Crippen molar-refractivity contribution >= 4 is 5.91 Å². The lowest BCUT2D eigenvalue weighted by molar-refractivity contribution is 0.0716.